The average molecular weight is 423 g/mol. The van der Waals surface area contributed by atoms with Crippen molar-refractivity contribution in [3.8, 4) is 0 Å². The fourth-order valence-corrected chi connectivity index (χ4v) is 4.86. The lowest BCUT2D eigenvalue weighted by atomic mass is 10.2. The summed E-state index contributed by atoms with van der Waals surface area (Å²) in [5.74, 6) is 0.615. The van der Waals surface area contributed by atoms with Crippen LogP contribution in [0.25, 0.3) is 0 Å². The van der Waals surface area contributed by atoms with Gasteiger partial charge in [-0.25, -0.2) is 8.42 Å². The molecule has 0 saturated carbocycles. The summed E-state index contributed by atoms with van der Waals surface area (Å²) in [4.78, 5) is 13.9. The van der Waals surface area contributed by atoms with E-state index in [0.717, 1.165) is 10.7 Å². The molecule has 0 spiro atoms. The number of nitrogens with one attached hydrogen (secondary N) is 2. The lowest BCUT2D eigenvalue weighted by Crippen LogP contribution is -3.12. The average Bonchev–Trinajstić information content (AvgIpc) is 3.22. The molecular formula is C20H28N3O5S+. The molecule has 1 saturated heterocycles. The van der Waals surface area contributed by atoms with E-state index in [4.69, 9.17) is 9.15 Å². The Hall–Kier alpha value is -2.20. The molecule has 0 bridgehead atoms. The number of benzene rings is 1. The van der Waals surface area contributed by atoms with Crippen molar-refractivity contribution in [3.05, 3.63) is 47.9 Å². The SMILES string of the molecule is Cc1ccc(NC(=O)[C@@H](C)[NH+](C)Cc2ccco2)cc1S(=O)(=O)N1CCOCC1. The first kappa shape index (κ1) is 21.5. The van der Waals surface area contributed by atoms with Crippen LogP contribution in [-0.2, 0) is 26.1 Å². The van der Waals surface area contributed by atoms with E-state index in [2.05, 4.69) is 5.32 Å². The number of hydrogen-bond donors (Lipinski definition) is 2. The van der Waals surface area contributed by atoms with Gasteiger partial charge in [-0.2, -0.15) is 4.31 Å². The zero-order valence-corrected chi connectivity index (χ0v) is 17.8. The van der Waals surface area contributed by atoms with Crippen molar-refractivity contribution < 1.29 is 27.3 Å². The largest absolute Gasteiger partial charge is 0.463 e. The van der Waals surface area contributed by atoms with Gasteiger partial charge in [-0.1, -0.05) is 6.07 Å². The van der Waals surface area contributed by atoms with Crippen LogP contribution in [0.5, 0.6) is 0 Å². The van der Waals surface area contributed by atoms with Gasteiger partial charge in [0.25, 0.3) is 5.91 Å². The molecule has 1 unspecified atom stereocenters. The molecule has 1 fully saturated rings. The van der Waals surface area contributed by atoms with Crippen LogP contribution in [0, 0.1) is 6.92 Å². The number of ether oxygens (including phenoxy) is 1. The van der Waals surface area contributed by atoms with E-state index in [0.29, 0.717) is 44.1 Å². The van der Waals surface area contributed by atoms with E-state index >= 15 is 0 Å². The maximum absolute atomic E-state index is 13.0. The van der Waals surface area contributed by atoms with E-state index in [-0.39, 0.29) is 16.8 Å². The Labute approximate surface area is 171 Å². The molecule has 2 N–H and O–H groups in total. The third-order valence-corrected chi connectivity index (χ3v) is 7.25. The van der Waals surface area contributed by atoms with Crippen LogP contribution in [0.1, 0.15) is 18.2 Å². The molecule has 1 amide bonds. The maximum Gasteiger partial charge on any atom is 0.282 e. The van der Waals surface area contributed by atoms with Gasteiger partial charge in [0.05, 0.1) is 31.4 Å². The minimum atomic E-state index is -3.64. The van der Waals surface area contributed by atoms with E-state index < -0.39 is 10.0 Å². The number of rotatable bonds is 7. The number of carbonyl (C=O) groups excluding carboxylic acids is 1. The standard InChI is InChI=1S/C20H27N3O5S/c1-15-6-7-17(13-19(15)29(25,26)23-8-11-27-12-9-23)21-20(24)16(2)22(3)14-18-5-4-10-28-18/h4-7,10,13,16H,8-9,11-12,14H2,1-3H3,(H,21,24)/p+1/t16-/m1/s1. The molecule has 1 aromatic carbocycles. The quantitative estimate of drug-likeness (QED) is 0.684. The molecule has 158 valence electrons. The topological polar surface area (TPSA) is 93.3 Å². The molecule has 29 heavy (non-hydrogen) atoms. The minimum absolute atomic E-state index is 0.187. The summed E-state index contributed by atoms with van der Waals surface area (Å²) in [5, 5.41) is 2.85. The molecule has 9 heteroatoms. The number of amides is 1. The molecule has 2 aromatic rings. The molecular weight excluding hydrogens is 394 g/mol. The monoisotopic (exact) mass is 422 g/mol. The Morgan fingerprint density at radius 1 is 1.28 bits per heavy atom. The molecule has 2 heterocycles. The van der Waals surface area contributed by atoms with Crippen molar-refractivity contribution in [2.75, 3.05) is 38.7 Å². The number of likely N-dealkylation sites (N-methyl/N-ethyl adjacent to an activating group) is 1. The lowest BCUT2D eigenvalue weighted by Gasteiger charge is -2.27. The highest BCUT2D eigenvalue weighted by Crippen LogP contribution is 2.24. The van der Waals surface area contributed by atoms with Crippen LogP contribution in [0.4, 0.5) is 5.69 Å². The number of hydrogen-bond acceptors (Lipinski definition) is 5. The van der Waals surface area contributed by atoms with Crippen LogP contribution < -0.4 is 10.2 Å². The van der Waals surface area contributed by atoms with Gasteiger partial charge >= 0.3 is 0 Å². The number of nitrogens with zero attached hydrogens (tertiary/aromatic N) is 1. The second-order valence-electron chi connectivity index (χ2n) is 7.31. The lowest BCUT2D eigenvalue weighted by molar-refractivity contribution is -0.908. The van der Waals surface area contributed by atoms with E-state index in [1.54, 1.807) is 25.3 Å². The first-order valence-corrected chi connectivity index (χ1v) is 11.1. The molecule has 0 aliphatic carbocycles. The highest BCUT2D eigenvalue weighted by Gasteiger charge is 2.29. The third kappa shape index (κ3) is 5.05. The molecule has 1 aromatic heterocycles. The number of furan rings is 1. The zero-order chi connectivity index (χ0) is 21.0. The normalized spacial score (nSPS) is 17.6. The summed E-state index contributed by atoms with van der Waals surface area (Å²) in [5.41, 5.74) is 1.10. The first-order valence-electron chi connectivity index (χ1n) is 9.63. The van der Waals surface area contributed by atoms with Crippen molar-refractivity contribution in [2.24, 2.45) is 0 Å². The van der Waals surface area contributed by atoms with Gasteiger partial charge in [0.15, 0.2) is 11.8 Å². The predicted molar refractivity (Wildman–Crippen MR) is 108 cm³/mol. The van der Waals surface area contributed by atoms with Crippen molar-refractivity contribution in [1.82, 2.24) is 4.31 Å². The summed E-state index contributed by atoms with van der Waals surface area (Å²) in [7, 11) is -1.72. The molecule has 8 nitrogen and oxygen atoms in total. The molecule has 0 radical (unpaired) electrons. The van der Waals surface area contributed by atoms with Crippen LogP contribution in [0.3, 0.4) is 0 Å². The highest BCUT2D eigenvalue weighted by molar-refractivity contribution is 7.89. The zero-order valence-electron chi connectivity index (χ0n) is 17.0. The Balaban J connectivity index is 1.72. The summed E-state index contributed by atoms with van der Waals surface area (Å²) < 4.78 is 38.0. The summed E-state index contributed by atoms with van der Waals surface area (Å²) in [6, 6.07) is 8.31. The van der Waals surface area contributed by atoms with Crippen molar-refractivity contribution >= 4 is 21.6 Å². The number of anilines is 1. The van der Waals surface area contributed by atoms with Crippen LogP contribution in [-0.4, -0.2) is 58.0 Å². The molecule has 2 atom stereocenters. The second kappa shape index (κ2) is 9.08. The number of morpholine rings is 1. The number of sulfonamides is 1. The smallest absolute Gasteiger partial charge is 0.282 e. The van der Waals surface area contributed by atoms with Crippen molar-refractivity contribution in [3.63, 3.8) is 0 Å². The molecule has 1 aliphatic heterocycles. The van der Waals surface area contributed by atoms with Crippen molar-refractivity contribution in [2.45, 2.75) is 31.3 Å². The van der Waals surface area contributed by atoms with Gasteiger partial charge < -0.3 is 19.4 Å². The van der Waals surface area contributed by atoms with Gasteiger partial charge in [-0.15, -0.1) is 0 Å². The van der Waals surface area contributed by atoms with E-state index in [1.165, 1.54) is 10.4 Å². The van der Waals surface area contributed by atoms with Gasteiger partial charge in [-0.05, 0) is 43.7 Å². The van der Waals surface area contributed by atoms with Gasteiger partial charge in [0.1, 0.15) is 6.54 Å². The van der Waals surface area contributed by atoms with Crippen molar-refractivity contribution in [1.29, 1.82) is 0 Å². The van der Waals surface area contributed by atoms with Gasteiger partial charge in [0.2, 0.25) is 10.0 Å². The first-order chi connectivity index (χ1) is 13.8. The summed E-state index contributed by atoms with van der Waals surface area (Å²) >= 11 is 0. The predicted octanol–water partition coefficient (Wildman–Crippen LogP) is 0.651. The Kier molecular flexibility index (Phi) is 6.74. The fraction of sp³-hybridized carbons (Fsp3) is 0.450. The molecule has 3 rings (SSSR count). The van der Waals surface area contributed by atoms with Crippen LogP contribution >= 0.6 is 0 Å². The van der Waals surface area contributed by atoms with E-state index in [1.807, 2.05) is 26.1 Å². The molecule has 1 aliphatic rings. The highest BCUT2D eigenvalue weighted by atomic mass is 32.2. The van der Waals surface area contributed by atoms with Gasteiger partial charge in [-0.3, -0.25) is 4.79 Å². The Bertz CT molecular complexity index is 937. The minimum Gasteiger partial charge on any atom is -0.463 e. The maximum atomic E-state index is 13.0. The third-order valence-electron chi connectivity index (χ3n) is 5.21. The number of aryl methyl sites for hydroxylation is 1. The van der Waals surface area contributed by atoms with E-state index in [9.17, 15) is 13.2 Å². The fourth-order valence-electron chi connectivity index (χ4n) is 3.20. The second-order valence-corrected chi connectivity index (χ2v) is 9.22. The number of quaternary nitrogens is 1. The summed E-state index contributed by atoms with van der Waals surface area (Å²) in [6.45, 7) is 5.59. The Morgan fingerprint density at radius 2 is 2.00 bits per heavy atom. The van der Waals surface area contributed by atoms with Gasteiger partial charge in [0, 0.05) is 18.8 Å². The van der Waals surface area contributed by atoms with Crippen LogP contribution in [0.2, 0.25) is 0 Å². The number of carbonyl (C=O) groups is 1. The summed E-state index contributed by atoms with van der Waals surface area (Å²) in [6.07, 6.45) is 1.61. The Morgan fingerprint density at radius 3 is 2.66 bits per heavy atom. The van der Waals surface area contributed by atoms with Crippen LogP contribution in [0.15, 0.2) is 45.9 Å².